The Balaban J connectivity index is 2.20. The Kier molecular flexibility index (Phi) is 5.26. The van der Waals surface area contributed by atoms with Crippen LogP contribution in [0.15, 0.2) is 48.5 Å². The quantitative estimate of drug-likeness (QED) is 0.601. The van der Waals surface area contributed by atoms with Crippen LogP contribution in [0.1, 0.15) is 32.1 Å². The summed E-state index contributed by atoms with van der Waals surface area (Å²) in [6.45, 7) is 0. The monoisotopic (exact) mass is 442 g/mol. The zero-order valence-corrected chi connectivity index (χ0v) is 15.3. The van der Waals surface area contributed by atoms with Crippen LogP contribution in [0.25, 0.3) is 16.8 Å². The maximum absolute atomic E-state index is 13.5. The van der Waals surface area contributed by atoms with Crippen molar-refractivity contribution in [1.29, 1.82) is 0 Å². The van der Waals surface area contributed by atoms with Crippen LogP contribution in [0.5, 0.6) is 0 Å². The molecule has 0 unspecified atom stereocenters. The molecule has 2 aromatic carbocycles. The molecule has 0 aliphatic carbocycles. The molecule has 0 spiro atoms. The third-order valence-electron chi connectivity index (χ3n) is 4.27. The largest absolute Gasteiger partial charge is 0.417 e. The Bertz CT molecular complexity index is 1180. The zero-order valence-electron chi connectivity index (χ0n) is 15.3. The van der Waals surface area contributed by atoms with Crippen molar-refractivity contribution in [2.45, 2.75) is 12.4 Å². The predicted molar refractivity (Wildman–Crippen MR) is 96.0 cm³/mol. The van der Waals surface area contributed by atoms with Crippen molar-refractivity contribution in [3.63, 3.8) is 0 Å². The van der Waals surface area contributed by atoms with Gasteiger partial charge in [-0.15, -0.1) is 0 Å². The molecule has 0 aliphatic heterocycles. The fraction of sp³-hybridized carbons (Fsp3) is 0.105. The molecule has 162 valence electrons. The number of carbonyl (C=O) groups is 2. The number of nitrogens with two attached hydrogens (primary N) is 2. The van der Waals surface area contributed by atoms with Crippen molar-refractivity contribution < 1.29 is 35.9 Å². The molecule has 12 heteroatoms. The minimum absolute atomic E-state index is 0.0238. The number of hydrogen-bond acceptors (Lipinski definition) is 3. The fourth-order valence-electron chi connectivity index (χ4n) is 2.89. The number of halogens is 6. The van der Waals surface area contributed by atoms with Crippen LogP contribution in [0.2, 0.25) is 0 Å². The van der Waals surface area contributed by atoms with E-state index in [0.29, 0.717) is 12.1 Å². The first-order valence-corrected chi connectivity index (χ1v) is 8.38. The number of hydrogen-bond donors (Lipinski definition) is 2. The smallest absolute Gasteiger partial charge is 0.364 e. The average Bonchev–Trinajstić information content (AvgIpc) is 3.12. The summed E-state index contributed by atoms with van der Waals surface area (Å²) < 4.78 is 80.1. The van der Waals surface area contributed by atoms with E-state index < -0.39 is 40.9 Å². The van der Waals surface area contributed by atoms with E-state index in [2.05, 4.69) is 5.10 Å². The van der Waals surface area contributed by atoms with Gasteiger partial charge >= 0.3 is 12.4 Å². The van der Waals surface area contributed by atoms with Crippen molar-refractivity contribution in [3.8, 4) is 16.8 Å². The Labute approximate surface area is 170 Å². The van der Waals surface area contributed by atoms with Crippen molar-refractivity contribution >= 4 is 11.8 Å². The van der Waals surface area contributed by atoms with E-state index in [1.54, 1.807) is 0 Å². The van der Waals surface area contributed by atoms with Gasteiger partial charge in [-0.2, -0.15) is 31.4 Å². The first-order chi connectivity index (χ1) is 14.3. The van der Waals surface area contributed by atoms with Gasteiger partial charge in [-0.1, -0.05) is 18.2 Å². The van der Waals surface area contributed by atoms with Crippen LogP contribution in [0.4, 0.5) is 26.3 Å². The van der Waals surface area contributed by atoms with E-state index in [0.717, 1.165) is 16.8 Å². The fourth-order valence-corrected chi connectivity index (χ4v) is 2.89. The van der Waals surface area contributed by atoms with E-state index in [1.807, 2.05) is 0 Å². The van der Waals surface area contributed by atoms with E-state index in [9.17, 15) is 35.9 Å². The molecule has 2 amide bonds. The number of primary amides is 2. The van der Waals surface area contributed by atoms with Crippen molar-refractivity contribution in [2.24, 2.45) is 11.5 Å². The maximum Gasteiger partial charge on any atom is 0.417 e. The molecule has 6 nitrogen and oxygen atoms in total. The molecule has 1 aromatic heterocycles. The summed E-state index contributed by atoms with van der Waals surface area (Å²) in [6.07, 6.45) is -10.0. The topological polar surface area (TPSA) is 104 Å². The Hall–Kier alpha value is -3.83. The summed E-state index contributed by atoms with van der Waals surface area (Å²) in [7, 11) is 0. The van der Waals surface area contributed by atoms with Gasteiger partial charge in [0, 0.05) is 6.07 Å². The SMILES string of the molecule is NC(=O)c1cc(C(N)=O)n(-c2cccc(-c3ccc(C(F)(F)F)cc3C(F)(F)F)c2)n1. The number of carbonyl (C=O) groups excluding carboxylic acids is 2. The third kappa shape index (κ3) is 4.37. The van der Waals surface area contributed by atoms with Gasteiger partial charge in [-0.3, -0.25) is 9.59 Å². The molecular formula is C19H12F6N4O2. The minimum atomic E-state index is -5.07. The van der Waals surface area contributed by atoms with Crippen LogP contribution in [-0.4, -0.2) is 21.6 Å². The Morgan fingerprint density at radius 1 is 0.839 bits per heavy atom. The van der Waals surface area contributed by atoms with Crippen LogP contribution < -0.4 is 11.5 Å². The standard InChI is InChI=1S/C19H12F6N4O2/c20-18(21,22)10-4-5-12(13(7-10)19(23,24)25)9-2-1-3-11(6-9)29-15(17(27)31)8-14(28-29)16(26)30/h1-8H,(H2,26,30)(H2,27,31). The van der Waals surface area contributed by atoms with Gasteiger partial charge in [0.05, 0.1) is 16.8 Å². The summed E-state index contributed by atoms with van der Waals surface area (Å²) in [4.78, 5) is 23.0. The second-order valence-electron chi connectivity index (χ2n) is 6.36. The maximum atomic E-state index is 13.5. The van der Waals surface area contributed by atoms with Gasteiger partial charge in [0.15, 0.2) is 5.69 Å². The summed E-state index contributed by atoms with van der Waals surface area (Å²) in [5.41, 5.74) is 6.25. The lowest BCUT2D eigenvalue weighted by atomic mass is 9.96. The molecule has 0 saturated carbocycles. The molecule has 1 heterocycles. The normalized spacial score (nSPS) is 12.1. The van der Waals surface area contributed by atoms with Crippen LogP contribution in [0.3, 0.4) is 0 Å². The number of amides is 2. The number of benzene rings is 2. The van der Waals surface area contributed by atoms with Gasteiger partial charge in [0.2, 0.25) is 0 Å². The molecule has 0 fully saturated rings. The van der Waals surface area contributed by atoms with Gasteiger partial charge in [0.25, 0.3) is 11.8 Å². The predicted octanol–water partition coefficient (Wildman–Crippen LogP) is 3.77. The molecule has 0 atom stereocenters. The molecule has 0 saturated heterocycles. The van der Waals surface area contributed by atoms with E-state index >= 15 is 0 Å². The van der Waals surface area contributed by atoms with Gasteiger partial charge < -0.3 is 11.5 Å². The summed E-state index contributed by atoms with van der Waals surface area (Å²) >= 11 is 0. The van der Waals surface area contributed by atoms with E-state index in [4.69, 9.17) is 11.5 Å². The van der Waals surface area contributed by atoms with Crippen molar-refractivity contribution in [2.75, 3.05) is 0 Å². The minimum Gasteiger partial charge on any atom is -0.364 e. The third-order valence-corrected chi connectivity index (χ3v) is 4.27. The lowest BCUT2D eigenvalue weighted by Gasteiger charge is -2.17. The summed E-state index contributed by atoms with van der Waals surface area (Å²) in [5, 5.41) is 3.82. The second kappa shape index (κ2) is 7.45. The number of nitrogens with zero attached hydrogens (tertiary/aromatic N) is 2. The molecule has 0 bridgehead atoms. The highest BCUT2D eigenvalue weighted by molar-refractivity contribution is 5.97. The number of rotatable bonds is 4. The van der Waals surface area contributed by atoms with E-state index in [-0.39, 0.29) is 28.7 Å². The number of alkyl halides is 6. The molecule has 0 aliphatic rings. The highest BCUT2D eigenvalue weighted by atomic mass is 19.4. The van der Waals surface area contributed by atoms with Crippen molar-refractivity contribution in [1.82, 2.24) is 9.78 Å². The highest BCUT2D eigenvalue weighted by Gasteiger charge is 2.38. The van der Waals surface area contributed by atoms with Gasteiger partial charge in [-0.05, 0) is 35.4 Å². The van der Waals surface area contributed by atoms with Crippen LogP contribution in [0, 0.1) is 0 Å². The van der Waals surface area contributed by atoms with Crippen molar-refractivity contribution in [3.05, 3.63) is 71.0 Å². The molecule has 3 aromatic rings. The summed E-state index contributed by atoms with van der Waals surface area (Å²) in [6, 6.07) is 7.32. The van der Waals surface area contributed by atoms with Crippen LogP contribution in [-0.2, 0) is 12.4 Å². The molecular weight excluding hydrogens is 430 g/mol. The highest BCUT2D eigenvalue weighted by Crippen LogP contribution is 2.41. The lowest BCUT2D eigenvalue weighted by molar-refractivity contribution is -0.142. The molecule has 31 heavy (non-hydrogen) atoms. The first-order valence-electron chi connectivity index (χ1n) is 8.38. The van der Waals surface area contributed by atoms with Gasteiger partial charge in [-0.25, -0.2) is 4.68 Å². The molecule has 4 N–H and O–H groups in total. The molecule has 3 rings (SSSR count). The molecule has 0 radical (unpaired) electrons. The Morgan fingerprint density at radius 2 is 1.52 bits per heavy atom. The van der Waals surface area contributed by atoms with Gasteiger partial charge in [0.1, 0.15) is 5.69 Å². The lowest BCUT2D eigenvalue weighted by Crippen LogP contribution is -2.16. The summed E-state index contributed by atoms with van der Waals surface area (Å²) in [5.74, 6) is -1.96. The second-order valence-corrected chi connectivity index (χ2v) is 6.36. The zero-order chi connectivity index (χ0) is 23.1. The Morgan fingerprint density at radius 3 is 2.06 bits per heavy atom. The average molecular weight is 442 g/mol. The number of aromatic nitrogens is 2. The van der Waals surface area contributed by atoms with E-state index in [1.165, 1.54) is 18.2 Å². The van der Waals surface area contributed by atoms with Crippen LogP contribution >= 0.6 is 0 Å². The first kappa shape index (κ1) is 21.9.